The maximum absolute atomic E-state index is 12.8. The fraction of sp³-hybridized carbons (Fsp3) is 0.120. The topological polar surface area (TPSA) is 64.6 Å². The van der Waals surface area contributed by atoms with Gasteiger partial charge in [0, 0.05) is 5.56 Å². The van der Waals surface area contributed by atoms with Gasteiger partial charge >= 0.3 is 10.1 Å². The van der Waals surface area contributed by atoms with Gasteiger partial charge in [0.2, 0.25) is 0 Å². The zero-order valence-corrected chi connectivity index (χ0v) is 17.7. The van der Waals surface area contributed by atoms with E-state index in [9.17, 15) is 8.42 Å². The SMILES string of the molecule is Cc1ccc(S(=O)(=O)ONC2c3c(ccc4ccccc34)OC2c2ccccc2)cc1. The summed E-state index contributed by atoms with van der Waals surface area (Å²) in [6, 6.07) is 27.6. The van der Waals surface area contributed by atoms with Crippen molar-refractivity contribution in [1.29, 1.82) is 0 Å². The lowest BCUT2D eigenvalue weighted by Gasteiger charge is -2.20. The molecule has 4 aromatic carbocycles. The molecule has 0 saturated carbocycles. The van der Waals surface area contributed by atoms with Crippen LogP contribution in [0.2, 0.25) is 0 Å². The minimum atomic E-state index is -3.99. The monoisotopic (exact) mass is 431 g/mol. The highest BCUT2D eigenvalue weighted by atomic mass is 32.2. The van der Waals surface area contributed by atoms with Crippen molar-refractivity contribution in [2.45, 2.75) is 24.0 Å². The fourth-order valence-corrected chi connectivity index (χ4v) is 4.74. The molecule has 5 rings (SSSR count). The number of benzene rings is 4. The molecule has 5 nitrogen and oxygen atoms in total. The van der Waals surface area contributed by atoms with Gasteiger partial charge in [-0.05, 0) is 41.5 Å². The predicted octanol–water partition coefficient (Wildman–Crippen LogP) is 5.23. The van der Waals surface area contributed by atoms with Gasteiger partial charge in [-0.2, -0.15) is 18.2 Å². The summed E-state index contributed by atoms with van der Waals surface area (Å²) in [7, 11) is -3.99. The highest BCUT2D eigenvalue weighted by molar-refractivity contribution is 7.86. The van der Waals surface area contributed by atoms with Crippen LogP contribution in [0.5, 0.6) is 5.75 Å². The summed E-state index contributed by atoms with van der Waals surface area (Å²) >= 11 is 0. The molecule has 156 valence electrons. The molecule has 0 aromatic heterocycles. The van der Waals surface area contributed by atoms with Crippen LogP contribution in [0.15, 0.2) is 95.9 Å². The van der Waals surface area contributed by atoms with Crippen molar-refractivity contribution in [3.8, 4) is 5.75 Å². The lowest BCUT2D eigenvalue weighted by molar-refractivity contribution is 0.0989. The first-order valence-electron chi connectivity index (χ1n) is 10.0. The van der Waals surface area contributed by atoms with E-state index in [0.717, 1.165) is 27.5 Å². The Kier molecular flexibility index (Phi) is 4.98. The molecule has 1 aliphatic heterocycles. The van der Waals surface area contributed by atoms with Crippen molar-refractivity contribution < 1.29 is 17.4 Å². The first kappa shape index (κ1) is 19.8. The Morgan fingerprint density at radius 3 is 2.32 bits per heavy atom. The number of nitrogens with one attached hydrogen (secondary N) is 1. The molecule has 2 atom stereocenters. The molecule has 0 saturated heterocycles. The maximum atomic E-state index is 12.8. The molecule has 1 heterocycles. The molecular weight excluding hydrogens is 410 g/mol. The lowest BCUT2D eigenvalue weighted by Crippen LogP contribution is -2.28. The van der Waals surface area contributed by atoms with Crippen LogP contribution < -0.4 is 10.2 Å². The van der Waals surface area contributed by atoms with Crippen molar-refractivity contribution >= 4 is 20.9 Å². The number of hydroxylamine groups is 1. The van der Waals surface area contributed by atoms with Gasteiger partial charge in [0.05, 0.1) is 4.90 Å². The van der Waals surface area contributed by atoms with E-state index >= 15 is 0 Å². The van der Waals surface area contributed by atoms with E-state index in [1.54, 1.807) is 12.1 Å². The number of ether oxygens (including phenoxy) is 1. The third kappa shape index (κ3) is 3.70. The second kappa shape index (κ2) is 7.81. The van der Waals surface area contributed by atoms with Gasteiger partial charge in [0.15, 0.2) is 0 Å². The van der Waals surface area contributed by atoms with Gasteiger partial charge in [0.25, 0.3) is 0 Å². The zero-order valence-electron chi connectivity index (χ0n) is 16.9. The summed E-state index contributed by atoms with van der Waals surface area (Å²) in [4.78, 5) is 0.0962. The van der Waals surface area contributed by atoms with Gasteiger partial charge in [0.1, 0.15) is 17.9 Å². The van der Waals surface area contributed by atoms with Crippen molar-refractivity contribution in [2.24, 2.45) is 0 Å². The Labute approximate surface area is 181 Å². The molecule has 1 aliphatic rings. The molecule has 2 unspecified atom stereocenters. The summed E-state index contributed by atoms with van der Waals surface area (Å²) in [5.41, 5.74) is 5.60. The molecule has 0 bridgehead atoms. The Morgan fingerprint density at radius 2 is 1.55 bits per heavy atom. The van der Waals surface area contributed by atoms with Crippen LogP contribution in [0.1, 0.15) is 28.8 Å². The van der Waals surface area contributed by atoms with E-state index in [1.165, 1.54) is 12.1 Å². The third-order valence-electron chi connectivity index (χ3n) is 5.52. The second-order valence-corrected chi connectivity index (χ2v) is 9.14. The molecule has 1 N–H and O–H groups in total. The minimum absolute atomic E-state index is 0.0962. The normalized spacial score (nSPS) is 18.0. The second-order valence-electron chi connectivity index (χ2n) is 7.59. The van der Waals surface area contributed by atoms with Crippen LogP contribution in [0.4, 0.5) is 0 Å². The van der Waals surface area contributed by atoms with Crippen molar-refractivity contribution in [1.82, 2.24) is 5.48 Å². The smallest absolute Gasteiger partial charge is 0.312 e. The van der Waals surface area contributed by atoms with E-state index in [-0.39, 0.29) is 4.90 Å². The fourth-order valence-electron chi connectivity index (χ4n) is 3.95. The average molecular weight is 432 g/mol. The standard InChI is InChI=1S/C25H21NO4S/c1-17-11-14-20(15-12-17)31(27,28)30-26-24-23-21-10-6-5-7-18(21)13-16-22(23)29-25(24)19-8-3-2-4-9-19/h2-16,24-26H,1H3. The molecule has 6 heteroatoms. The number of hydrogen-bond donors (Lipinski definition) is 1. The van der Waals surface area contributed by atoms with E-state index in [0.29, 0.717) is 5.75 Å². The molecule has 0 aliphatic carbocycles. The summed E-state index contributed by atoms with van der Waals surface area (Å²) in [5.74, 6) is 0.710. The Balaban J connectivity index is 1.54. The summed E-state index contributed by atoms with van der Waals surface area (Å²) in [6.07, 6.45) is -0.435. The van der Waals surface area contributed by atoms with Crippen LogP contribution >= 0.6 is 0 Å². The van der Waals surface area contributed by atoms with Gasteiger partial charge in [-0.15, -0.1) is 0 Å². The van der Waals surface area contributed by atoms with E-state index in [1.807, 2.05) is 73.7 Å². The molecule has 0 fully saturated rings. The number of aryl methyl sites for hydroxylation is 1. The Morgan fingerprint density at radius 1 is 0.839 bits per heavy atom. The van der Waals surface area contributed by atoms with Crippen molar-refractivity contribution in [3.63, 3.8) is 0 Å². The highest BCUT2D eigenvalue weighted by Gasteiger charge is 2.38. The predicted molar refractivity (Wildman–Crippen MR) is 119 cm³/mol. The van der Waals surface area contributed by atoms with Gasteiger partial charge in [-0.3, -0.25) is 0 Å². The first-order valence-corrected chi connectivity index (χ1v) is 11.4. The molecular formula is C25H21NO4S. The quantitative estimate of drug-likeness (QED) is 0.438. The van der Waals surface area contributed by atoms with Crippen LogP contribution in [0.25, 0.3) is 10.8 Å². The van der Waals surface area contributed by atoms with Crippen LogP contribution in [-0.2, 0) is 14.4 Å². The van der Waals surface area contributed by atoms with Gasteiger partial charge in [-0.25, -0.2) is 0 Å². The Hall–Kier alpha value is -3.19. The number of fused-ring (bicyclic) bond motifs is 3. The molecule has 4 aromatic rings. The average Bonchev–Trinajstić information content (AvgIpc) is 3.18. The summed E-state index contributed by atoms with van der Waals surface area (Å²) in [5, 5.41) is 2.04. The Bertz CT molecular complexity index is 1340. The van der Waals surface area contributed by atoms with Crippen molar-refractivity contribution in [3.05, 3.63) is 108 Å². The largest absolute Gasteiger partial charge is 0.483 e. The lowest BCUT2D eigenvalue weighted by atomic mass is 9.94. The first-order chi connectivity index (χ1) is 15.0. The minimum Gasteiger partial charge on any atom is -0.483 e. The maximum Gasteiger partial charge on any atom is 0.312 e. The van der Waals surface area contributed by atoms with E-state index in [4.69, 9.17) is 9.02 Å². The number of rotatable bonds is 5. The molecule has 31 heavy (non-hydrogen) atoms. The molecule has 0 radical (unpaired) electrons. The van der Waals surface area contributed by atoms with E-state index in [2.05, 4.69) is 5.48 Å². The third-order valence-corrected chi connectivity index (χ3v) is 6.69. The molecule has 0 spiro atoms. The van der Waals surface area contributed by atoms with Crippen LogP contribution in [-0.4, -0.2) is 8.42 Å². The highest BCUT2D eigenvalue weighted by Crippen LogP contribution is 2.47. The van der Waals surface area contributed by atoms with Crippen LogP contribution in [0.3, 0.4) is 0 Å². The van der Waals surface area contributed by atoms with Gasteiger partial charge < -0.3 is 4.74 Å². The van der Waals surface area contributed by atoms with E-state index < -0.39 is 22.3 Å². The van der Waals surface area contributed by atoms with Crippen LogP contribution in [0, 0.1) is 6.92 Å². The van der Waals surface area contributed by atoms with Crippen molar-refractivity contribution in [2.75, 3.05) is 0 Å². The number of hydrogen-bond acceptors (Lipinski definition) is 5. The summed E-state index contributed by atoms with van der Waals surface area (Å²) in [6.45, 7) is 1.90. The summed E-state index contributed by atoms with van der Waals surface area (Å²) < 4.78 is 37.2. The van der Waals surface area contributed by atoms with Gasteiger partial charge in [-0.1, -0.05) is 78.4 Å². The zero-order chi connectivity index (χ0) is 21.4. The molecule has 0 amide bonds.